The third-order valence-electron chi connectivity index (χ3n) is 4.53. The standard InChI is InChI=1S/C22H24N2O3/c1-16-11-12-20(26-3)19(14-16)23-22(25)21(17-8-5-4-6-9-17)24(2)15-18-10-7-13-27-18/h4-14,21H,15H2,1-3H3,(H,23,25)/p+1/t21-/m1/s1. The Morgan fingerprint density at radius 1 is 1.15 bits per heavy atom. The van der Waals surface area contributed by atoms with Gasteiger partial charge in [-0.25, -0.2) is 0 Å². The second-order valence-corrected chi connectivity index (χ2v) is 6.64. The maximum Gasteiger partial charge on any atom is 0.287 e. The van der Waals surface area contributed by atoms with Gasteiger partial charge in [0, 0.05) is 5.56 Å². The molecule has 2 N–H and O–H groups in total. The number of rotatable bonds is 7. The lowest BCUT2D eigenvalue weighted by molar-refractivity contribution is -0.916. The van der Waals surface area contributed by atoms with E-state index in [1.807, 2.05) is 74.6 Å². The molecule has 0 radical (unpaired) electrons. The summed E-state index contributed by atoms with van der Waals surface area (Å²) < 4.78 is 10.9. The molecular formula is C22H25N2O3+. The van der Waals surface area contributed by atoms with Crippen molar-refractivity contribution >= 4 is 11.6 Å². The van der Waals surface area contributed by atoms with Gasteiger partial charge in [0.15, 0.2) is 11.8 Å². The predicted octanol–water partition coefficient (Wildman–Crippen LogP) is 2.99. The summed E-state index contributed by atoms with van der Waals surface area (Å²) in [5, 5.41) is 3.05. The minimum atomic E-state index is -0.387. The molecular weight excluding hydrogens is 340 g/mol. The molecule has 3 aromatic rings. The van der Waals surface area contributed by atoms with E-state index in [9.17, 15) is 4.79 Å². The molecule has 0 bridgehead atoms. The number of aryl methyl sites for hydroxylation is 1. The SMILES string of the molecule is COc1ccc(C)cc1NC(=O)[C@@H](c1ccccc1)[NH+](C)Cc1ccco1. The zero-order valence-electron chi connectivity index (χ0n) is 15.9. The lowest BCUT2D eigenvalue weighted by atomic mass is 10.0. The van der Waals surface area contributed by atoms with Crippen molar-refractivity contribution < 1.29 is 18.8 Å². The van der Waals surface area contributed by atoms with E-state index in [4.69, 9.17) is 9.15 Å². The van der Waals surface area contributed by atoms with E-state index in [2.05, 4.69) is 5.32 Å². The molecule has 2 atom stereocenters. The van der Waals surface area contributed by atoms with Crippen LogP contribution in [0.4, 0.5) is 5.69 Å². The van der Waals surface area contributed by atoms with E-state index in [1.54, 1.807) is 13.4 Å². The topological polar surface area (TPSA) is 55.9 Å². The predicted molar refractivity (Wildman–Crippen MR) is 105 cm³/mol. The Balaban J connectivity index is 1.88. The number of hydrogen-bond donors (Lipinski definition) is 2. The van der Waals surface area contributed by atoms with Gasteiger partial charge in [-0.2, -0.15) is 0 Å². The highest BCUT2D eigenvalue weighted by Gasteiger charge is 2.30. The van der Waals surface area contributed by atoms with Crippen LogP contribution >= 0.6 is 0 Å². The molecule has 2 aromatic carbocycles. The lowest BCUT2D eigenvalue weighted by Gasteiger charge is -2.24. The van der Waals surface area contributed by atoms with Gasteiger partial charge in [-0.05, 0) is 36.8 Å². The van der Waals surface area contributed by atoms with Gasteiger partial charge >= 0.3 is 0 Å². The van der Waals surface area contributed by atoms with Crippen LogP contribution in [-0.4, -0.2) is 20.1 Å². The number of furan rings is 1. The first-order chi connectivity index (χ1) is 13.1. The van der Waals surface area contributed by atoms with E-state index >= 15 is 0 Å². The van der Waals surface area contributed by atoms with Crippen molar-refractivity contribution in [1.29, 1.82) is 0 Å². The molecule has 1 aromatic heterocycles. The summed E-state index contributed by atoms with van der Waals surface area (Å²) in [5.41, 5.74) is 2.68. The zero-order chi connectivity index (χ0) is 19.2. The van der Waals surface area contributed by atoms with Crippen LogP contribution in [0.1, 0.15) is 22.9 Å². The summed E-state index contributed by atoms with van der Waals surface area (Å²) in [5.74, 6) is 1.40. The lowest BCUT2D eigenvalue weighted by Crippen LogP contribution is -3.09. The Hall–Kier alpha value is -3.05. The summed E-state index contributed by atoms with van der Waals surface area (Å²) in [7, 11) is 3.59. The highest BCUT2D eigenvalue weighted by Crippen LogP contribution is 2.26. The first-order valence-corrected chi connectivity index (χ1v) is 8.93. The van der Waals surface area contributed by atoms with Gasteiger partial charge < -0.3 is 19.4 Å². The number of amides is 1. The van der Waals surface area contributed by atoms with E-state index in [0.717, 1.165) is 21.8 Å². The number of likely N-dealkylation sites (N-methyl/N-ethyl adjacent to an activating group) is 1. The normalized spacial score (nSPS) is 13.0. The number of benzene rings is 2. The summed E-state index contributed by atoms with van der Waals surface area (Å²) in [6, 6.07) is 18.9. The fourth-order valence-corrected chi connectivity index (χ4v) is 3.22. The van der Waals surface area contributed by atoms with E-state index in [-0.39, 0.29) is 11.9 Å². The summed E-state index contributed by atoms with van der Waals surface area (Å²) >= 11 is 0. The monoisotopic (exact) mass is 365 g/mol. The molecule has 0 aliphatic heterocycles. The van der Waals surface area contributed by atoms with Crippen LogP contribution < -0.4 is 15.0 Å². The Bertz CT molecular complexity index is 876. The summed E-state index contributed by atoms with van der Waals surface area (Å²) in [6.45, 7) is 2.59. The fourth-order valence-electron chi connectivity index (χ4n) is 3.22. The minimum absolute atomic E-state index is 0.0887. The quantitative estimate of drug-likeness (QED) is 0.677. The Morgan fingerprint density at radius 3 is 2.59 bits per heavy atom. The van der Waals surface area contributed by atoms with E-state index < -0.39 is 0 Å². The third kappa shape index (κ3) is 4.57. The van der Waals surface area contributed by atoms with Gasteiger partial charge in [0.2, 0.25) is 0 Å². The number of anilines is 1. The molecule has 0 saturated heterocycles. The van der Waals surface area contributed by atoms with Crippen LogP contribution in [0.5, 0.6) is 5.75 Å². The average molecular weight is 365 g/mol. The van der Waals surface area contributed by atoms with Crippen molar-refractivity contribution in [2.45, 2.75) is 19.5 Å². The summed E-state index contributed by atoms with van der Waals surface area (Å²) in [6.07, 6.45) is 1.65. The van der Waals surface area contributed by atoms with Crippen LogP contribution in [0.3, 0.4) is 0 Å². The molecule has 0 spiro atoms. The van der Waals surface area contributed by atoms with Crippen LogP contribution in [-0.2, 0) is 11.3 Å². The first kappa shape index (κ1) is 18.7. The molecule has 5 nitrogen and oxygen atoms in total. The largest absolute Gasteiger partial charge is 0.495 e. The van der Waals surface area contributed by atoms with Gasteiger partial charge in [-0.1, -0.05) is 36.4 Å². The van der Waals surface area contributed by atoms with Crippen molar-refractivity contribution in [2.24, 2.45) is 0 Å². The van der Waals surface area contributed by atoms with Crippen LogP contribution in [0.15, 0.2) is 71.3 Å². The number of hydrogen-bond acceptors (Lipinski definition) is 3. The van der Waals surface area contributed by atoms with Crippen LogP contribution in [0.25, 0.3) is 0 Å². The number of ether oxygens (including phenoxy) is 1. The Morgan fingerprint density at radius 2 is 1.93 bits per heavy atom. The van der Waals surface area contributed by atoms with E-state index in [1.165, 1.54) is 0 Å². The molecule has 0 fully saturated rings. The van der Waals surface area contributed by atoms with Crippen molar-refractivity contribution in [2.75, 3.05) is 19.5 Å². The van der Waals surface area contributed by atoms with Gasteiger partial charge in [0.1, 0.15) is 12.3 Å². The molecule has 0 aliphatic rings. The van der Waals surface area contributed by atoms with E-state index in [0.29, 0.717) is 18.0 Å². The van der Waals surface area contributed by atoms with Gasteiger partial charge in [0.25, 0.3) is 5.91 Å². The molecule has 1 unspecified atom stereocenters. The smallest absolute Gasteiger partial charge is 0.287 e. The van der Waals surface area contributed by atoms with Crippen LogP contribution in [0.2, 0.25) is 0 Å². The van der Waals surface area contributed by atoms with Crippen molar-refractivity contribution in [3.05, 3.63) is 83.8 Å². The molecule has 0 saturated carbocycles. The van der Waals surface area contributed by atoms with Gasteiger partial charge in [-0.3, -0.25) is 4.79 Å². The number of carbonyl (C=O) groups excluding carboxylic acids is 1. The van der Waals surface area contributed by atoms with Crippen molar-refractivity contribution in [3.63, 3.8) is 0 Å². The highest BCUT2D eigenvalue weighted by molar-refractivity contribution is 5.96. The average Bonchev–Trinajstić information content (AvgIpc) is 3.16. The van der Waals surface area contributed by atoms with Gasteiger partial charge in [-0.15, -0.1) is 0 Å². The van der Waals surface area contributed by atoms with Gasteiger partial charge in [0.05, 0.1) is 26.1 Å². The minimum Gasteiger partial charge on any atom is -0.495 e. The summed E-state index contributed by atoms with van der Waals surface area (Å²) in [4.78, 5) is 14.3. The maximum atomic E-state index is 13.2. The molecule has 140 valence electrons. The molecule has 5 heteroatoms. The van der Waals surface area contributed by atoms with Crippen molar-refractivity contribution in [3.8, 4) is 5.75 Å². The number of nitrogens with one attached hydrogen (secondary N) is 2. The Labute approximate surface area is 159 Å². The number of carbonyl (C=O) groups is 1. The Kier molecular flexibility index (Phi) is 5.94. The molecule has 0 aliphatic carbocycles. The molecule has 27 heavy (non-hydrogen) atoms. The van der Waals surface area contributed by atoms with Crippen LogP contribution in [0, 0.1) is 6.92 Å². The maximum absolute atomic E-state index is 13.2. The molecule has 3 rings (SSSR count). The second kappa shape index (κ2) is 8.56. The second-order valence-electron chi connectivity index (χ2n) is 6.64. The first-order valence-electron chi connectivity index (χ1n) is 8.93. The highest BCUT2D eigenvalue weighted by atomic mass is 16.5. The number of quaternary nitrogens is 1. The zero-order valence-corrected chi connectivity index (χ0v) is 15.9. The molecule has 1 heterocycles. The fraction of sp³-hybridized carbons (Fsp3) is 0.227. The molecule has 1 amide bonds. The third-order valence-corrected chi connectivity index (χ3v) is 4.53. The van der Waals surface area contributed by atoms with Crippen molar-refractivity contribution in [1.82, 2.24) is 0 Å². The number of methoxy groups -OCH3 is 1.